The lowest BCUT2D eigenvalue weighted by Gasteiger charge is -2.10. The summed E-state index contributed by atoms with van der Waals surface area (Å²) in [7, 11) is 0. The van der Waals surface area contributed by atoms with Crippen LogP contribution < -0.4 is 5.43 Å². The van der Waals surface area contributed by atoms with Crippen molar-refractivity contribution in [2.24, 2.45) is 5.10 Å². The molecule has 1 amide bonds. The number of phenolic OH excluding ortho intramolecular Hbond substituents is 1. The minimum Gasteiger partial charge on any atom is -0.507 e. The van der Waals surface area contributed by atoms with Crippen molar-refractivity contribution in [2.75, 3.05) is 0 Å². The minimum atomic E-state index is -0.332. The number of fused-ring (bicyclic) bond motifs is 1. The summed E-state index contributed by atoms with van der Waals surface area (Å²) in [4.78, 5) is 12.1. The fourth-order valence-electron chi connectivity index (χ4n) is 2.48. The average Bonchev–Trinajstić information content (AvgIpc) is 2.93. The van der Waals surface area contributed by atoms with Gasteiger partial charge in [0, 0.05) is 16.8 Å². The van der Waals surface area contributed by atoms with Gasteiger partial charge in [0.2, 0.25) is 0 Å². The number of phenols is 1. The standard InChI is InChI=1S/C15H16N4O2/c20-13-8-4-1-5-10(13)9-16-19-15(21)14-11-6-2-3-7-12(11)17-18-14/h1,4-5,8-9,20H,2-3,6-7H2,(H,17,18)(H,19,21)/b16-9+. The van der Waals surface area contributed by atoms with Crippen LogP contribution in [0.25, 0.3) is 0 Å². The molecule has 0 atom stereocenters. The topological polar surface area (TPSA) is 90.4 Å². The van der Waals surface area contributed by atoms with Crippen molar-refractivity contribution >= 4 is 12.1 Å². The number of rotatable bonds is 3. The number of hydrogen-bond donors (Lipinski definition) is 3. The molecule has 21 heavy (non-hydrogen) atoms. The highest BCUT2D eigenvalue weighted by molar-refractivity contribution is 5.95. The summed E-state index contributed by atoms with van der Waals surface area (Å²) in [6, 6.07) is 6.78. The van der Waals surface area contributed by atoms with Gasteiger partial charge in [-0.15, -0.1) is 0 Å². The van der Waals surface area contributed by atoms with Crippen LogP contribution in [0.5, 0.6) is 5.75 Å². The summed E-state index contributed by atoms with van der Waals surface area (Å²) in [6.45, 7) is 0. The van der Waals surface area contributed by atoms with E-state index in [4.69, 9.17) is 0 Å². The first-order valence-electron chi connectivity index (χ1n) is 6.93. The van der Waals surface area contributed by atoms with Gasteiger partial charge in [0.15, 0.2) is 5.69 Å². The molecule has 0 saturated carbocycles. The van der Waals surface area contributed by atoms with E-state index in [9.17, 15) is 9.90 Å². The highest BCUT2D eigenvalue weighted by Gasteiger charge is 2.21. The molecule has 1 aliphatic rings. The first-order valence-corrected chi connectivity index (χ1v) is 6.93. The summed E-state index contributed by atoms with van der Waals surface area (Å²) >= 11 is 0. The summed E-state index contributed by atoms with van der Waals surface area (Å²) in [6.07, 6.45) is 5.43. The molecule has 0 saturated heterocycles. The van der Waals surface area contributed by atoms with E-state index < -0.39 is 0 Å². The van der Waals surface area contributed by atoms with Crippen molar-refractivity contribution < 1.29 is 9.90 Å². The van der Waals surface area contributed by atoms with E-state index in [0.29, 0.717) is 11.3 Å². The van der Waals surface area contributed by atoms with E-state index >= 15 is 0 Å². The number of nitrogens with one attached hydrogen (secondary N) is 2. The van der Waals surface area contributed by atoms with E-state index in [1.165, 1.54) is 6.21 Å². The lowest BCUT2D eigenvalue weighted by molar-refractivity contribution is 0.0949. The second-order valence-corrected chi connectivity index (χ2v) is 4.99. The lowest BCUT2D eigenvalue weighted by atomic mass is 9.96. The van der Waals surface area contributed by atoms with Crippen LogP contribution in [0.4, 0.5) is 0 Å². The SMILES string of the molecule is O=C(N/N=C/c1ccccc1O)c1n[nH]c2c1CCCC2. The number of aryl methyl sites for hydroxylation is 1. The molecule has 6 heteroatoms. The summed E-state index contributed by atoms with van der Waals surface area (Å²) in [5.41, 5.74) is 5.46. The maximum Gasteiger partial charge on any atom is 0.292 e. The van der Waals surface area contributed by atoms with Crippen LogP contribution in [-0.2, 0) is 12.8 Å². The molecule has 0 spiro atoms. The van der Waals surface area contributed by atoms with Gasteiger partial charge >= 0.3 is 0 Å². The second-order valence-electron chi connectivity index (χ2n) is 4.99. The maximum atomic E-state index is 12.1. The van der Waals surface area contributed by atoms with Crippen molar-refractivity contribution in [1.29, 1.82) is 0 Å². The molecule has 3 N–H and O–H groups in total. The minimum absolute atomic E-state index is 0.118. The van der Waals surface area contributed by atoms with Crippen molar-refractivity contribution in [1.82, 2.24) is 15.6 Å². The van der Waals surface area contributed by atoms with Gasteiger partial charge in [0.05, 0.1) is 6.21 Å². The molecule has 6 nitrogen and oxygen atoms in total. The Morgan fingerprint density at radius 2 is 2.14 bits per heavy atom. The van der Waals surface area contributed by atoms with Crippen LogP contribution in [-0.4, -0.2) is 27.4 Å². The summed E-state index contributed by atoms with van der Waals surface area (Å²) in [5.74, 6) is -0.214. The predicted molar refractivity (Wildman–Crippen MR) is 78.4 cm³/mol. The van der Waals surface area contributed by atoms with Crippen molar-refractivity contribution in [3.05, 3.63) is 46.8 Å². The zero-order valence-electron chi connectivity index (χ0n) is 11.5. The predicted octanol–water partition coefficient (Wildman–Crippen LogP) is 1.76. The lowest BCUT2D eigenvalue weighted by Crippen LogP contribution is -2.20. The Balaban J connectivity index is 1.70. The number of amides is 1. The van der Waals surface area contributed by atoms with Crippen LogP contribution in [0, 0.1) is 0 Å². The molecule has 0 radical (unpaired) electrons. The van der Waals surface area contributed by atoms with Crippen molar-refractivity contribution in [3.63, 3.8) is 0 Å². The molecular formula is C15H16N4O2. The normalized spacial score (nSPS) is 14.1. The Morgan fingerprint density at radius 3 is 3.00 bits per heavy atom. The number of aromatic hydroxyl groups is 1. The van der Waals surface area contributed by atoms with Crippen LogP contribution in [0.15, 0.2) is 29.4 Å². The van der Waals surface area contributed by atoms with E-state index in [1.54, 1.807) is 24.3 Å². The fraction of sp³-hybridized carbons (Fsp3) is 0.267. The van der Waals surface area contributed by atoms with Gasteiger partial charge in [0.25, 0.3) is 5.91 Å². The molecule has 1 aromatic carbocycles. The van der Waals surface area contributed by atoms with Gasteiger partial charge in [-0.25, -0.2) is 5.43 Å². The third-order valence-electron chi connectivity index (χ3n) is 3.58. The van der Waals surface area contributed by atoms with E-state index in [-0.39, 0.29) is 11.7 Å². The Morgan fingerprint density at radius 1 is 1.33 bits per heavy atom. The first kappa shape index (κ1) is 13.4. The zero-order valence-corrected chi connectivity index (χ0v) is 11.5. The monoisotopic (exact) mass is 284 g/mol. The maximum absolute atomic E-state index is 12.1. The van der Waals surface area contributed by atoms with E-state index in [2.05, 4.69) is 20.7 Å². The number of carbonyl (C=O) groups excluding carboxylic acids is 1. The van der Waals surface area contributed by atoms with Crippen LogP contribution in [0.2, 0.25) is 0 Å². The number of hydrazone groups is 1. The smallest absolute Gasteiger partial charge is 0.292 e. The van der Waals surface area contributed by atoms with Gasteiger partial charge in [-0.3, -0.25) is 9.89 Å². The van der Waals surface area contributed by atoms with Crippen molar-refractivity contribution in [2.45, 2.75) is 25.7 Å². The molecule has 0 unspecified atom stereocenters. The molecule has 1 aliphatic carbocycles. The number of H-pyrrole nitrogens is 1. The molecule has 108 valence electrons. The van der Waals surface area contributed by atoms with Gasteiger partial charge in [-0.05, 0) is 37.8 Å². The van der Waals surface area contributed by atoms with Gasteiger partial charge in [0.1, 0.15) is 5.75 Å². The fourth-order valence-corrected chi connectivity index (χ4v) is 2.48. The number of aromatic nitrogens is 2. The first-order chi connectivity index (χ1) is 10.3. The number of nitrogens with zero attached hydrogens (tertiary/aromatic N) is 2. The number of aromatic amines is 1. The molecule has 2 aromatic rings. The molecule has 0 bridgehead atoms. The summed E-state index contributed by atoms with van der Waals surface area (Å²) in [5, 5.41) is 20.5. The van der Waals surface area contributed by atoms with Crippen LogP contribution in [0.1, 0.15) is 40.2 Å². The van der Waals surface area contributed by atoms with Gasteiger partial charge in [-0.1, -0.05) is 12.1 Å². The van der Waals surface area contributed by atoms with E-state index in [1.807, 2.05) is 0 Å². The third-order valence-corrected chi connectivity index (χ3v) is 3.58. The van der Waals surface area contributed by atoms with Gasteiger partial charge in [-0.2, -0.15) is 10.2 Å². The zero-order chi connectivity index (χ0) is 14.7. The molecular weight excluding hydrogens is 268 g/mol. The number of hydrogen-bond acceptors (Lipinski definition) is 4. The van der Waals surface area contributed by atoms with E-state index in [0.717, 1.165) is 36.9 Å². The molecule has 1 heterocycles. The number of para-hydroxylation sites is 1. The third kappa shape index (κ3) is 2.79. The van der Waals surface area contributed by atoms with Crippen LogP contribution in [0.3, 0.4) is 0 Å². The highest BCUT2D eigenvalue weighted by Crippen LogP contribution is 2.21. The van der Waals surface area contributed by atoms with Crippen molar-refractivity contribution in [3.8, 4) is 5.75 Å². The Kier molecular flexibility index (Phi) is 3.68. The summed E-state index contributed by atoms with van der Waals surface area (Å²) < 4.78 is 0. The Labute approximate surface area is 121 Å². The number of benzene rings is 1. The van der Waals surface area contributed by atoms with Crippen LogP contribution >= 0.6 is 0 Å². The molecule has 3 rings (SSSR count). The quantitative estimate of drug-likeness (QED) is 0.592. The Hall–Kier alpha value is -2.63. The average molecular weight is 284 g/mol. The highest BCUT2D eigenvalue weighted by atomic mass is 16.3. The molecule has 1 aromatic heterocycles. The largest absolute Gasteiger partial charge is 0.507 e. The molecule has 0 fully saturated rings. The molecule has 0 aliphatic heterocycles. The second kappa shape index (κ2) is 5.78. The number of carbonyl (C=O) groups is 1. The van der Waals surface area contributed by atoms with Gasteiger partial charge < -0.3 is 5.11 Å². The Bertz CT molecular complexity index is 691.